The van der Waals surface area contributed by atoms with E-state index in [9.17, 15) is 9.59 Å². The Balaban J connectivity index is 1.60. The molecule has 1 aliphatic rings. The summed E-state index contributed by atoms with van der Waals surface area (Å²) in [4.78, 5) is 34.4. The Morgan fingerprint density at radius 3 is 2.77 bits per heavy atom. The monoisotopic (exact) mass is 441 g/mol. The number of likely N-dealkylation sites (tertiary alicyclic amines) is 1. The van der Waals surface area contributed by atoms with Gasteiger partial charge >= 0.3 is 5.97 Å². The zero-order chi connectivity index (χ0) is 22.1. The van der Waals surface area contributed by atoms with E-state index in [4.69, 9.17) is 9.26 Å². The van der Waals surface area contributed by atoms with Crippen LogP contribution in [0.3, 0.4) is 0 Å². The van der Waals surface area contributed by atoms with Crippen LogP contribution in [0.1, 0.15) is 58.4 Å². The lowest BCUT2D eigenvalue weighted by molar-refractivity contribution is -0.138. The van der Waals surface area contributed by atoms with Crippen LogP contribution in [0.15, 0.2) is 16.7 Å². The van der Waals surface area contributed by atoms with Crippen LogP contribution in [0.5, 0.6) is 0 Å². The van der Waals surface area contributed by atoms with Gasteiger partial charge in [0.2, 0.25) is 0 Å². The molecule has 1 unspecified atom stereocenters. The first kappa shape index (κ1) is 21.5. The average molecular weight is 442 g/mol. The summed E-state index contributed by atoms with van der Waals surface area (Å²) in [5.74, 6) is -0.709. The first-order chi connectivity index (χ1) is 14.9. The molecule has 3 aromatic heterocycles. The number of carbonyl (C=O) groups is 2. The number of hydrogen-bond acceptors (Lipinski definition) is 7. The fraction of sp³-hybridized carbons (Fsp3) is 0.478. The zero-order valence-corrected chi connectivity index (χ0v) is 19.2. The number of hydrogen-bond donors (Lipinski definition) is 0. The fourth-order valence-corrected chi connectivity index (χ4v) is 5.25. The van der Waals surface area contributed by atoms with Gasteiger partial charge in [-0.25, -0.2) is 9.78 Å². The molecule has 7 nitrogen and oxygen atoms in total. The number of aromatic nitrogens is 2. The van der Waals surface area contributed by atoms with Crippen molar-refractivity contribution in [3.8, 4) is 11.3 Å². The summed E-state index contributed by atoms with van der Waals surface area (Å²) in [6.45, 7) is 8.34. The number of carbonyl (C=O) groups excluding carboxylic acids is 2. The molecule has 1 atom stereocenters. The van der Waals surface area contributed by atoms with Gasteiger partial charge < -0.3 is 14.2 Å². The van der Waals surface area contributed by atoms with Gasteiger partial charge in [-0.05, 0) is 58.6 Å². The second-order valence-corrected chi connectivity index (χ2v) is 9.51. The normalized spacial score (nSPS) is 16.6. The molecule has 1 amide bonds. The lowest BCUT2D eigenvalue weighted by Gasteiger charge is -2.35. The zero-order valence-electron chi connectivity index (χ0n) is 18.4. The second kappa shape index (κ2) is 8.78. The van der Waals surface area contributed by atoms with E-state index in [1.807, 2.05) is 24.8 Å². The molecular weight excluding hydrogens is 414 g/mol. The average Bonchev–Trinajstić information content (AvgIpc) is 3.32. The molecule has 8 heteroatoms. The van der Waals surface area contributed by atoms with Gasteiger partial charge in [0.1, 0.15) is 0 Å². The minimum atomic E-state index is -0.567. The number of pyridine rings is 1. The molecule has 1 saturated heterocycles. The number of thiophene rings is 1. The summed E-state index contributed by atoms with van der Waals surface area (Å²) in [6.07, 6.45) is 4.04. The highest BCUT2D eigenvalue weighted by molar-refractivity contribution is 7.12. The van der Waals surface area contributed by atoms with Crippen LogP contribution in [-0.2, 0) is 9.53 Å². The first-order valence-corrected chi connectivity index (χ1v) is 11.5. The molecule has 31 heavy (non-hydrogen) atoms. The highest BCUT2D eigenvalue weighted by atomic mass is 32.1. The van der Waals surface area contributed by atoms with Crippen molar-refractivity contribution in [3.63, 3.8) is 0 Å². The molecule has 0 aliphatic carbocycles. The minimum absolute atomic E-state index is 0.142. The summed E-state index contributed by atoms with van der Waals surface area (Å²) >= 11 is 1.67. The highest BCUT2D eigenvalue weighted by Gasteiger charge is 2.27. The Hall–Kier alpha value is -2.74. The molecule has 1 aliphatic heterocycles. The number of amides is 1. The van der Waals surface area contributed by atoms with E-state index < -0.39 is 5.97 Å². The van der Waals surface area contributed by atoms with E-state index in [0.29, 0.717) is 28.1 Å². The molecule has 0 aromatic carbocycles. The van der Waals surface area contributed by atoms with Crippen LogP contribution in [0.4, 0.5) is 0 Å². The Morgan fingerprint density at radius 1 is 1.26 bits per heavy atom. The molecule has 4 rings (SSSR count). The van der Waals surface area contributed by atoms with Gasteiger partial charge in [0.05, 0.1) is 22.3 Å². The van der Waals surface area contributed by atoms with E-state index in [1.165, 1.54) is 0 Å². The van der Waals surface area contributed by atoms with Gasteiger partial charge in [-0.3, -0.25) is 4.79 Å². The van der Waals surface area contributed by atoms with Crippen molar-refractivity contribution in [2.24, 2.45) is 0 Å². The van der Waals surface area contributed by atoms with E-state index >= 15 is 0 Å². The number of rotatable bonds is 5. The van der Waals surface area contributed by atoms with Gasteiger partial charge in [-0.1, -0.05) is 12.1 Å². The number of piperidine rings is 1. The smallest absolute Gasteiger partial charge is 0.339 e. The predicted molar refractivity (Wildman–Crippen MR) is 119 cm³/mol. The minimum Gasteiger partial charge on any atom is -0.452 e. The molecule has 0 radical (unpaired) electrons. The third-order valence-electron chi connectivity index (χ3n) is 5.90. The maximum Gasteiger partial charge on any atom is 0.339 e. The SMILES string of the molecule is CCC1CCCCN1C(=O)COC(=O)c1cc(-c2cc(C)sc2C)nc2onc(C)c12. The Bertz CT molecular complexity index is 1130. The lowest BCUT2D eigenvalue weighted by atomic mass is 10.00. The lowest BCUT2D eigenvalue weighted by Crippen LogP contribution is -2.45. The molecular formula is C23H27N3O4S. The van der Waals surface area contributed by atoms with E-state index in [2.05, 4.69) is 17.1 Å². The fourth-order valence-electron chi connectivity index (χ4n) is 4.32. The summed E-state index contributed by atoms with van der Waals surface area (Å²) in [7, 11) is 0. The first-order valence-electron chi connectivity index (χ1n) is 10.7. The number of ether oxygens (including phenoxy) is 1. The largest absolute Gasteiger partial charge is 0.452 e. The highest BCUT2D eigenvalue weighted by Crippen LogP contribution is 2.33. The molecule has 3 aromatic rings. The maximum atomic E-state index is 13.0. The van der Waals surface area contributed by atoms with Crippen LogP contribution in [-0.4, -0.2) is 46.1 Å². The number of nitrogens with zero attached hydrogens (tertiary/aromatic N) is 3. The van der Waals surface area contributed by atoms with Crippen molar-refractivity contribution in [1.82, 2.24) is 15.0 Å². The Kier molecular flexibility index (Phi) is 6.09. The van der Waals surface area contributed by atoms with Gasteiger partial charge in [0.15, 0.2) is 6.61 Å². The van der Waals surface area contributed by atoms with Gasteiger partial charge in [0.25, 0.3) is 11.6 Å². The number of fused-ring (bicyclic) bond motifs is 1. The van der Waals surface area contributed by atoms with Crippen LogP contribution in [0, 0.1) is 20.8 Å². The summed E-state index contributed by atoms with van der Waals surface area (Å²) in [5.41, 5.74) is 2.75. The Labute approximate surface area is 185 Å². The standard InChI is InChI=1S/C23H27N3O4S/c1-5-16-8-6-7-9-26(16)20(27)12-29-23(28)18-11-19(17-10-13(2)31-15(17)4)24-22-21(18)14(3)25-30-22/h10-11,16H,5-9,12H2,1-4H3. The van der Waals surface area contributed by atoms with Crippen LogP contribution >= 0.6 is 11.3 Å². The summed E-state index contributed by atoms with van der Waals surface area (Å²) in [5, 5.41) is 4.50. The molecule has 0 saturated carbocycles. The third-order valence-corrected chi connectivity index (χ3v) is 6.87. The van der Waals surface area contributed by atoms with Gasteiger partial charge in [0, 0.05) is 27.9 Å². The maximum absolute atomic E-state index is 13.0. The van der Waals surface area contributed by atoms with Crippen molar-refractivity contribution < 1.29 is 18.8 Å². The van der Waals surface area contributed by atoms with E-state index in [-0.39, 0.29) is 18.6 Å². The third kappa shape index (κ3) is 4.21. The predicted octanol–water partition coefficient (Wildman–Crippen LogP) is 4.82. The van der Waals surface area contributed by atoms with Gasteiger partial charge in [-0.2, -0.15) is 0 Å². The van der Waals surface area contributed by atoms with Crippen LogP contribution < -0.4 is 0 Å². The topological polar surface area (TPSA) is 85.5 Å². The summed E-state index contributed by atoms with van der Waals surface area (Å²) < 4.78 is 10.8. The molecule has 164 valence electrons. The number of aryl methyl sites for hydroxylation is 3. The molecule has 0 bridgehead atoms. The second-order valence-electron chi connectivity index (χ2n) is 8.05. The van der Waals surface area contributed by atoms with E-state index in [1.54, 1.807) is 24.3 Å². The molecule has 4 heterocycles. The molecule has 1 fully saturated rings. The van der Waals surface area contributed by atoms with Crippen LogP contribution in [0.2, 0.25) is 0 Å². The quantitative estimate of drug-likeness (QED) is 0.528. The number of esters is 1. The molecule has 0 spiro atoms. The van der Waals surface area contributed by atoms with Crippen molar-refractivity contribution in [3.05, 3.63) is 33.1 Å². The summed E-state index contributed by atoms with van der Waals surface area (Å²) in [6, 6.07) is 3.98. The van der Waals surface area contributed by atoms with Crippen LogP contribution in [0.25, 0.3) is 22.4 Å². The van der Waals surface area contributed by atoms with Crippen molar-refractivity contribution in [2.75, 3.05) is 13.2 Å². The van der Waals surface area contributed by atoms with Crippen molar-refractivity contribution in [1.29, 1.82) is 0 Å². The van der Waals surface area contributed by atoms with Crippen molar-refractivity contribution in [2.45, 2.75) is 59.4 Å². The van der Waals surface area contributed by atoms with E-state index in [0.717, 1.165) is 47.5 Å². The van der Waals surface area contributed by atoms with Gasteiger partial charge in [-0.15, -0.1) is 11.3 Å². The van der Waals surface area contributed by atoms with Crippen molar-refractivity contribution >= 4 is 34.3 Å². The Morgan fingerprint density at radius 2 is 2.06 bits per heavy atom. The molecule has 0 N–H and O–H groups in total.